The third-order valence-corrected chi connectivity index (χ3v) is 4.27. The van der Waals surface area contributed by atoms with Crippen LogP contribution in [0.1, 0.15) is 41.0 Å². The first-order valence-corrected chi connectivity index (χ1v) is 7.46. The maximum atomic E-state index is 5.29. The molecule has 0 rings (SSSR count). The van der Waals surface area contributed by atoms with Crippen LogP contribution >= 0.6 is 11.8 Å². The second kappa shape index (κ2) is 10.4. The molecule has 0 heterocycles. The Balaban J connectivity index is 3.33. The van der Waals surface area contributed by atoms with Crippen LogP contribution in [0.3, 0.4) is 0 Å². The van der Waals surface area contributed by atoms with Crippen LogP contribution in [0, 0.1) is 5.92 Å². The lowest BCUT2D eigenvalue weighted by atomic mass is 10.2. The summed E-state index contributed by atoms with van der Waals surface area (Å²) in [6.45, 7) is 15.1. The summed E-state index contributed by atoms with van der Waals surface area (Å²) in [4.78, 5) is 0. The molecule has 0 aromatic heterocycles. The molecule has 0 aromatic rings. The van der Waals surface area contributed by atoms with Gasteiger partial charge in [-0.1, -0.05) is 27.7 Å². The largest absolute Gasteiger partial charge is 0.382 e. The zero-order valence-electron chi connectivity index (χ0n) is 11.6. The van der Waals surface area contributed by atoms with E-state index in [0.29, 0.717) is 5.25 Å². The second-order valence-electron chi connectivity index (χ2n) is 4.65. The fourth-order valence-corrected chi connectivity index (χ4v) is 2.58. The summed E-state index contributed by atoms with van der Waals surface area (Å²) in [5.41, 5.74) is 0. The molecule has 0 bridgehead atoms. The van der Waals surface area contributed by atoms with Crippen molar-refractivity contribution in [3.05, 3.63) is 0 Å². The number of hydrogen-bond donors (Lipinski definition) is 1. The maximum Gasteiger partial charge on any atom is 0.0477 e. The van der Waals surface area contributed by atoms with E-state index in [-0.39, 0.29) is 0 Å². The van der Waals surface area contributed by atoms with Crippen molar-refractivity contribution in [2.45, 2.75) is 51.5 Å². The molecule has 3 heteroatoms. The van der Waals surface area contributed by atoms with Gasteiger partial charge in [-0.15, -0.1) is 0 Å². The van der Waals surface area contributed by atoms with Crippen molar-refractivity contribution in [3.63, 3.8) is 0 Å². The third kappa shape index (κ3) is 9.49. The third-order valence-electron chi connectivity index (χ3n) is 2.66. The number of rotatable bonds is 10. The molecule has 0 aliphatic rings. The summed E-state index contributed by atoms with van der Waals surface area (Å²) in [6, 6.07) is 0. The molecular formula is C13H29NOS. The first-order chi connectivity index (χ1) is 7.57. The van der Waals surface area contributed by atoms with Crippen LogP contribution in [0.2, 0.25) is 0 Å². The van der Waals surface area contributed by atoms with E-state index in [1.807, 2.05) is 6.92 Å². The van der Waals surface area contributed by atoms with Gasteiger partial charge in [0.25, 0.3) is 0 Å². The highest BCUT2D eigenvalue weighted by Gasteiger charge is 2.11. The van der Waals surface area contributed by atoms with E-state index in [9.17, 15) is 0 Å². The number of ether oxygens (including phenoxy) is 1. The Bertz CT molecular complexity index is 153. The van der Waals surface area contributed by atoms with Gasteiger partial charge in [0.15, 0.2) is 0 Å². The Morgan fingerprint density at radius 1 is 1.19 bits per heavy atom. The molecule has 1 N–H and O–H groups in total. The zero-order valence-corrected chi connectivity index (χ0v) is 12.4. The fourth-order valence-electron chi connectivity index (χ4n) is 1.32. The SMILES string of the molecule is CCOCCCNCC(C)SC(C)C(C)C. The molecule has 0 aromatic carbocycles. The molecule has 0 aliphatic carbocycles. The summed E-state index contributed by atoms with van der Waals surface area (Å²) < 4.78 is 5.29. The van der Waals surface area contributed by atoms with Crippen LogP contribution in [0.15, 0.2) is 0 Å². The molecule has 0 spiro atoms. The molecule has 16 heavy (non-hydrogen) atoms. The van der Waals surface area contributed by atoms with Gasteiger partial charge < -0.3 is 10.1 Å². The van der Waals surface area contributed by atoms with Crippen molar-refractivity contribution in [2.24, 2.45) is 5.92 Å². The Labute approximate surface area is 106 Å². The minimum Gasteiger partial charge on any atom is -0.382 e. The fraction of sp³-hybridized carbons (Fsp3) is 1.00. The Morgan fingerprint density at radius 3 is 2.44 bits per heavy atom. The summed E-state index contributed by atoms with van der Waals surface area (Å²) in [7, 11) is 0. The molecule has 0 saturated carbocycles. The van der Waals surface area contributed by atoms with Crippen LogP contribution in [0.5, 0.6) is 0 Å². The molecule has 0 saturated heterocycles. The average molecular weight is 247 g/mol. The first kappa shape index (κ1) is 16.3. The molecular weight excluding hydrogens is 218 g/mol. The van der Waals surface area contributed by atoms with Crippen molar-refractivity contribution < 1.29 is 4.74 Å². The minimum atomic E-state index is 0.699. The van der Waals surface area contributed by atoms with E-state index >= 15 is 0 Å². The number of nitrogens with one attached hydrogen (secondary N) is 1. The average Bonchev–Trinajstić information content (AvgIpc) is 2.23. The van der Waals surface area contributed by atoms with E-state index in [1.165, 1.54) is 0 Å². The molecule has 0 fully saturated rings. The van der Waals surface area contributed by atoms with Gasteiger partial charge in [-0.3, -0.25) is 0 Å². The summed E-state index contributed by atoms with van der Waals surface area (Å²) in [6.07, 6.45) is 1.12. The number of thioether (sulfide) groups is 1. The summed E-state index contributed by atoms with van der Waals surface area (Å²) in [5.74, 6) is 0.769. The van der Waals surface area contributed by atoms with Crippen molar-refractivity contribution >= 4 is 11.8 Å². The molecule has 2 nitrogen and oxygen atoms in total. The lowest BCUT2D eigenvalue weighted by molar-refractivity contribution is 0.145. The van der Waals surface area contributed by atoms with Gasteiger partial charge >= 0.3 is 0 Å². The topological polar surface area (TPSA) is 21.3 Å². The molecule has 0 aliphatic heterocycles. The van der Waals surface area contributed by atoms with Crippen LogP contribution < -0.4 is 5.32 Å². The van der Waals surface area contributed by atoms with Crippen LogP contribution in [0.4, 0.5) is 0 Å². The van der Waals surface area contributed by atoms with Gasteiger partial charge in [-0.25, -0.2) is 0 Å². The second-order valence-corrected chi connectivity index (χ2v) is 6.47. The van der Waals surface area contributed by atoms with Crippen molar-refractivity contribution in [1.82, 2.24) is 5.32 Å². The van der Waals surface area contributed by atoms with Crippen LogP contribution in [0.25, 0.3) is 0 Å². The molecule has 2 atom stereocenters. The van der Waals surface area contributed by atoms with E-state index in [2.05, 4.69) is 44.8 Å². The predicted octanol–water partition coefficient (Wildman–Crippen LogP) is 3.17. The van der Waals surface area contributed by atoms with E-state index in [4.69, 9.17) is 4.74 Å². The van der Waals surface area contributed by atoms with Gasteiger partial charge in [0.2, 0.25) is 0 Å². The monoisotopic (exact) mass is 247 g/mol. The number of hydrogen-bond acceptors (Lipinski definition) is 3. The van der Waals surface area contributed by atoms with E-state index < -0.39 is 0 Å². The van der Waals surface area contributed by atoms with Crippen molar-refractivity contribution in [3.8, 4) is 0 Å². The Hall–Kier alpha value is 0.270. The highest BCUT2D eigenvalue weighted by Crippen LogP contribution is 2.22. The standard InChI is InChI=1S/C13H29NOS/c1-6-15-9-7-8-14-10-12(4)16-13(5)11(2)3/h11-14H,6-10H2,1-5H3. The Morgan fingerprint density at radius 2 is 1.88 bits per heavy atom. The van der Waals surface area contributed by atoms with Gasteiger partial charge in [-0.2, -0.15) is 11.8 Å². The highest BCUT2D eigenvalue weighted by atomic mass is 32.2. The van der Waals surface area contributed by atoms with E-state index in [1.54, 1.807) is 0 Å². The Kier molecular flexibility index (Phi) is 10.6. The highest BCUT2D eigenvalue weighted by molar-refractivity contribution is 8.00. The summed E-state index contributed by atoms with van der Waals surface area (Å²) in [5, 5.41) is 4.94. The zero-order chi connectivity index (χ0) is 12.4. The molecule has 2 unspecified atom stereocenters. The smallest absolute Gasteiger partial charge is 0.0477 e. The predicted molar refractivity (Wildman–Crippen MR) is 75.3 cm³/mol. The summed E-state index contributed by atoms with van der Waals surface area (Å²) >= 11 is 2.08. The minimum absolute atomic E-state index is 0.699. The lowest BCUT2D eigenvalue weighted by Crippen LogP contribution is -2.26. The van der Waals surface area contributed by atoms with Crippen molar-refractivity contribution in [2.75, 3.05) is 26.3 Å². The maximum absolute atomic E-state index is 5.29. The lowest BCUT2D eigenvalue weighted by Gasteiger charge is -2.20. The van der Waals surface area contributed by atoms with Gasteiger partial charge in [0.1, 0.15) is 0 Å². The molecule has 98 valence electrons. The first-order valence-electron chi connectivity index (χ1n) is 6.51. The van der Waals surface area contributed by atoms with Crippen LogP contribution in [-0.2, 0) is 4.74 Å². The van der Waals surface area contributed by atoms with Gasteiger partial charge in [0, 0.05) is 30.3 Å². The van der Waals surface area contributed by atoms with E-state index in [0.717, 1.165) is 43.9 Å². The van der Waals surface area contributed by atoms with Crippen LogP contribution in [-0.4, -0.2) is 36.8 Å². The van der Waals surface area contributed by atoms with Gasteiger partial charge in [-0.05, 0) is 25.8 Å². The van der Waals surface area contributed by atoms with Crippen molar-refractivity contribution in [1.29, 1.82) is 0 Å². The van der Waals surface area contributed by atoms with Gasteiger partial charge in [0.05, 0.1) is 0 Å². The normalized spacial score (nSPS) is 15.4. The molecule has 0 amide bonds. The quantitative estimate of drug-likeness (QED) is 0.599. The molecule has 0 radical (unpaired) electrons.